The van der Waals surface area contributed by atoms with Crippen LogP contribution < -0.4 is 16.4 Å². The van der Waals surface area contributed by atoms with Crippen LogP contribution in [0.3, 0.4) is 0 Å². The molecule has 1 aliphatic carbocycles. The summed E-state index contributed by atoms with van der Waals surface area (Å²) in [6, 6.07) is 5.09. The maximum absolute atomic E-state index is 11.8. The minimum Gasteiger partial charge on any atom is -0.397 e. The molecule has 4 N–H and O–H groups in total. The number of nitrogens with two attached hydrogens (primary N) is 1. The fourth-order valence-corrected chi connectivity index (χ4v) is 2.40. The number of anilines is 2. The van der Waals surface area contributed by atoms with Crippen molar-refractivity contribution >= 4 is 29.0 Å². The van der Waals surface area contributed by atoms with Gasteiger partial charge in [0.25, 0.3) is 0 Å². The second-order valence-electron chi connectivity index (χ2n) is 4.66. The quantitative estimate of drug-likeness (QED) is 0.719. The molecule has 2 rings (SSSR count). The summed E-state index contributed by atoms with van der Waals surface area (Å²) >= 11 is 5.86. The van der Waals surface area contributed by atoms with Gasteiger partial charge in [0.2, 0.25) is 0 Å². The van der Waals surface area contributed by atoms with Gasteiger partial charge < -0.3 is 16.4 Å². The molecule has 0 radical (unpaired) electrons. The normalized spacial score (nSPS) is 16.3. The van der Waals surface area contributed by atoms with Crippen LogP contribution >= 0.6 is 11.6 Å². The molecule has 1 aliphatic rings. The van der Waals surface area contributed by atoms with Gasteiger partial charge in [0.1, 0.15) is 0 Å². The number of carbonyl (C=O) groups excluding carboxylic acids is 1. The number of amides is 2. The van der Waals surface area contributed by atoms with E-state index in [9.17, 15) is 4.79 Å². The van der Waals surface area contributed by atoms with Gasteiger partial charge >= 0.3 is 6.03 Å². The van der Waals surface area contributed by atoms with Crippen LogP contribution in [0.1, 0.15) is 32.1 Å². The monoisotopic (exact) mass is 267 g/mol. The number of urea groups is 1. The summed E-state index contributed by atoms with van der Waals surface area (Å²) < 4.78 is 0. The van der Waals surface area contributed by atoms with Crippen molar-refractivity contribution in [2.24, 2.45) is 0 Å². The van der Waals surface area contributed by atoms with Crippen LogP contribution in [0.25, 0.3) is 0 Å². The average molecular weight is 268 g/mol. The van der Waals surface area contributed by atoms with E-state index in [-0.39, 0.29) is 12.1 Å². The van der Waals surface area contributed by atoms with E-state index < -0.39 is 0 Å². The second kappa shape index (κ2) is 5.96. The van der Waals surface area contributed by atoms with Gasteiger partial charge in [0.15, 0.2) is 0 Å². The number of hydrogen-bond acceptors (Lipinski definition) is 2. The molecule has 5 heteroatoms. The average Bonchev–Trinajstić information content (AvgIpc) is 2.35. The Hall–Kier alpha value is -1.42. The molecule has 0 aromatic heterocycles. The lowest BCUT2D eigenvalue weighted by molar-refractivity contribution is 0.244. The molecule has 0 unspecified atom stereocenters. The first-order valence-corrected chi connectivity index (χ1v) is 6.65. The van der Waals surface area contributed by atoms with Gasteiger partial charge in [-0.05, 0) is 31.0 Å². The molecule has 98 valence electrons. The minimum atomic E-state index is -0.212. The molecule has 0 bridgehead atoms. The summed E-state index contributed by atoms with van der Waals surface area (Å²) in [5.41, 5.74) is 6.83. The Morgan fingerprint density at radius 1 is 1.28 bits per heavy atom. The smallest absolute Gasteiger partial charge is 0.319 e. The second-order valence-corrected chi connectivity index (χ2v) is 5.10. The van der Waals surface area contributed by atoms with E-state index >= 15 is 0 Å². The van der Waals surface area contributed by atoms with E-state index in [1.807, 2.05) is 0 Å². The van der Waals surface area contributed by atoms with Gasteiger partial charge in [-0.1, -0.05) is 30.9 Å². The minimum absolute atomic E-state index is 0.212. The van der Waals surface area contributed by atoms with Gasteiger partial charge in [-0.2, -0.15) is 0 Å². The van der Waals surface area contributed by atoms with Crippen LogP contribution in [-0.2, 0) is 0 Å². The number of carbonyl (C=O) groups is 1. The molecule has 4 nitrogen and oxygen atoms in total. The Labute approximate surface area is 112 Å². The molecule has 2 amide bonds. The van der Waals surface area contributed by atoms with E-state index in [0.29, 0.717) is 16.4 Å². The number of hydrogen-bond donors (Lipinski definition) is 3. The maximum Gasteiger partial charge on any atom is 0.319 e. The molecule has 1 saturated carbocycles. The van der Waals surface area contributed by atoms with E-state index in [0.717, 1.165) is 12.8 Å². The Balaban J connectivity index is 1.92. The zero-order valence-corrected chi connectivity index (χ0v) is 11.0. The lowest BCUT2D eigenvalue weighted by atomic mass is 9.96. The lowest BCUT2D eigenvalue weighted by Gasteiger charge is -2.23. The van der Waals surface area contributed by atoms with Crippen LogP contribution in [0.4, 0.5) is 16.2 Å². The van der Waals surface area contributed by atoms with Crippen LogP contribution in [0.5, 0.6) is 0 Å². The third kappa shape index (κ3) is 3.53. The maximum atomic E-state index is 11.8. The largest absolute Gasteiger partial charge is 0.397 e. The summed E-state index contributed by atoms with van der Waals surface area (Å²) in [7, 11) is 0. The van der Waals surface area contributed by atoms with E-state index in [1.54, 1.807) is 18.2 Å². The van der Waals surface area contributed by atoms with E-state index in [2.05, 4.69) is 10.6 Å². The standard InChI is InChI=1S/C13H18ClN3O/c14-9-6-7-11(15)12(8-9)17-13(18)16-10-4-2-1-3-5-10/h6-8,10H,1-5,15H2,(H2,16,17,18). The van der Waals surface area contributed by atoms with Crippen molar-refractivity contribution in [2.75, 3.05) is 11.1 Å². The fraction of sp³-hybridized carbons (Fsp3) is 0.462. The van der Waals surface area contributed by atoms with Crippen molar-refractivity contribution in [1.82, 2.24) is 5.32 Å². The van der Waals surface area contributed by atoms with Crippen molar-refractivity contribution in [3.8, 4) is 0 Å². The summed E-state index contributed by atoms with van der Waals surface area (Å²) in [5, 5.41) is 6.26. The molecule has 0 heterocycles. The van der Waals surface area contributed by atoms with Gasteiger partial charge in [0.05, 0.1) is 11.4 Å². The van der Waals surface area contributed by atoms with Crippen molar-refractivity contribution in [3.63, 3.8) is 0 Å². The summed E-state index contributed by atoms with van der Waals surface area (Å²) in [6.07, 6.45) is 5.74. The van der Waals surface area contributed by atoms with E-state index in [4.69, 9.17) is 17.3 Å². The number of halogens is 1. The highest BCUT2D eigenvalue weighted by molar-refractivity contribution is 6.31. The van der Waals surface area contributed by atoms with Gasteiger partial charge in [-0.15, -0.1) is 0 Å². The molecule has 0 aliphatic heterocycles. The number of nitrogens with one attached hydrogen (secondary N) is 2. The predicted octanol–water partition coefficient (Wildman–Crippen LogP) is 3.38. The molecule has 1 aromatic carbocycles. The van der Waals surface area contributed by atoms with Crippen molar-refractivity contribution in [1.29, 1.82) is 0 Å². The third-order valence-corrected chi connectivity index (χ3v) is 3.44. The molecule has 1 fully saturated rings. The highest BCUT2D eigenvalue weighted by Crippen LogP contribution is 2.23. The zero-order valence-electron chi connectivity index (χ0n) is 10.2. The molecule has 0 saturated heterocycles. The lowest BCUT2D eigenvalue weighted by Crippen LogP contribution is -2.39. The Morgan fingerprint density at radius 2 is 2.00 bits per heavy atom. The summed E-state index contributed by atoms with van der Waals surface area (Å²) in [6.45, 7) is 0. The first-order chi connectivity index (χ1) is 8.65. The Kier molecular flexibility index (Phi) is 4.31. The Morgan fingerprint density at radius 3 is 2.72 bits per heavy atom. The molecular formula is C13H18ClN3O. The molecular weight excluding hydrogens is 250 g/mol. The van der Waals surface area contributed by atoms with Crippen molar-refractivity contribution < 1.29 is 4.79 Å². The molecule has 0 spiro atoms. The predicted molar refractivity (Wildman–Crippen MR) is 74.9 cm³/mol. The van der Waals surface area contributed by atoms with Crippen LogP contribution in [0.2, 0.25) is 5.02 Å². The Bertz CT molecular complexity index is 430. The first-order valence-electron chi connectivity index (χ1n) is 6.27. The summed E-state index contributed by atoms with van der Waals surface area (Å²) in [5.74, 6) is 0. The number of rotatable bonds is 2. The van der Waals surface area contributed by atoms with Gasteiger partial charge in [-0.3, -0.25) is 0 Å². The zero-order chi connectivity index (χ0) is 13.0. The number of nitrogen functional groups attached to an aromatic ring is 1. The highest BCUT2D eigenvalue weighted by Gasteiger charge is 2.16. The molecule has 0 atom stereocenters. The molecule has 1 aromatic rings. The van der Waals surface area contributed by atoms with Crippen LogP contribution in [0.15, 0.2) is 18.2 Å². The third-order valence-electron chi connectivity index (χ3n) is 3.20. The van der Waals surface area contributed by atoms with Crippen LogP contribution in [0, 0.1) is 0 Å². The van der Waals surface area contributed by atoms with Gasteiger partial charge in [0, 0.05) is 11.1 Å². The number of benzene rings is 1. The van der Waals surface area contributed by atoms with E-state index in [1.165, 1.54) is 19.3 Å². The molecule has 18 heavy (non-hydrogen) atoms. The highest BCUT2D eigenvalue weighted by atomic mass is 35.5. The van der Waals surface area contributed by atoms with Gasteiger partial charge in [-0.25, -0.2) is 4.79 Å². The topological polar surface area (TPSA) is 67.1 Å². The first kappa shape index (κ1) is 13.0. The van der Waals surface area contributed by atoms with Crippen molar-refractivity contribution in [2.45, 2.75) is 38.1 Å². The SMILES string of the molecule is Nc1ccc(Cl)cc1NC(=O)NC1CCCCC1. The van der Waals surface area contributed by atoms with Crippen LogP contribution in [-0.4, -0.2) is 12.1 Å². The van der Waals surface area contributed by atoms with Crippen molar-refractivity contribution in [3.05, 3.63) is 23.2 Å². The summed E-state index contributed by atoms with van der Waals surface area (Å²) in [4.78, 5) is 11.8. The fourth-order valence-electron chi connectivity index (χ4n) is 2.23.